The zero-order valence-electron chi connectivity index (χ0n) is 15.2. The number of benzene rings is 1. The summed E-state index contributed by atoms with van der Waals surface area (Å²) in [4.78, 5) is 54.1. The Morgan fingerprint density at radius 1 is 1.04 bits per heavy atom. The zero-order valence-corrected chi connectivity index (χ0v) is 15.2. The number of carbonyl (C=O) groups is 4. The maximum Gasteiger partial charge on any atom is 0.325 e. The largest absolute Gasteiger partial charge is 0.377 e. The van der Waals surface area contributed by atoms with Gasteiger partial charge in [-0.3, -0.25) is 24.6 Å². The van der Waals surface area contributed by atoms with Gasteiger partial charge in [0.05, 0.1) is 19.3 Å². The number of urea groups is 1. The molecule has 5 amide bonds. The summed E-state index contributed by atoms with van der Waals surface area (Å²) >= 11 is 0. The van der Waals surface area contributed by atoms with Crippen molar-refractivity contribution >= 4 is 29.4 Å². The number of hydrogen-bond donors (Lipinski definition) is 1. The van der Waals surface area contributed by atoms with E-state index in [0.29, 0.717) is 44.8 Å². The summed E-state index contributed by atoms with van der Waals surface area (Å²) in [6.07, 6.45) is 0.561. The molecule has 0 aliphatic carbocycles. The summed E-state index contributed by atoms with van der Waals surface area (Å²) in [5, 5.41) is 2.30. The highest BCUT2D eigenvalue weighted by molar-refractivity contribution is 6.06. The quantitative estimate of drug-likeness (QED) is 0.745. The molecule has 1 aromatic carbocycles. The normalized spacial score (nSPS) is 25.3. The van der Waals surface area contributed by atoms with E-state index in [1.807, 2.05) is 11.0 Å². The fraction of sp³-hybridized carbons (Fsp3) is 0.474. The van der Waals surface area contributed by atoms with E-state index >= 15 is 0 Å². The van der Waals surface area contributed by atoms with Gasteiger partial charge in [0.15, 0.2) is 0 Å². The number of nitrogens with one attached hydrogen (secondary N) is 1. The molecule has 0 radical (unpaired) electrons. The average molecular weight is 384 g/mol. The number of nitrogens with zero attached hydrogens (tertiary/aromatic N) is 3. The number of imide groups is 1. The molecule has 146 valence electrons. The smallest absolute Gasteiger partial charge is 0.325 e. The number of amides is 5. The minimum atomic E-state index is -0.636. The first-order valence-electron chi connectivity index (χ1n) is 9.46. The monoisotopic (exact) mass is 384 g/mol. The second-order valence-electron chi connectivity index (χ2n) is 7.56. The van der Waals surface area contributed by atoms with Crippen LogP contribution in [0.15, 0.2) is 18.2 Å². The number of carbonyl (C=O) groups excluding carboxylic acids is 4. The molecule has 0 spiro atoms. The number of piperidine rings is 1. The number of anilines is 1. The van der Waals surface area contributed by atoms with E-state index in [1.165, 1.54) is 4.90 Å². The van der Waals surface area contributed by atoms with Crippen molar-refractivity contribution in [1.82, 2.24) is 15.1 Å². The average Bonchev–Trinajstić information content (AvgIpc) is 3.14. The van der Waals surface area contributed by atoms with Crippen LogP contribution in [0.3, 0.4) is 0 Å². The molecule has 4 heterocycles. The van der Waals surface area contributed by atoms with Crippen LogP contribution in [0.4, 0.5) is 10.5 Å². The van der Waals surface area contributed by atoms with Crippen LogP contribution in [-0.4, -0.2) is 71.9 Å². The van der Waals surface area contributed by atoms with Gasteiger partial charge in [-0.25, -0.2) is 4.79 Å². The Hall–Kier alpha value is -2.94. The molecule has 1 aromatic rings. The fourth-order valence-electron chi connectivity index (χ4n) is 4.26. The molecule has 0 saturated carbocycles. The Kier molecular flexibility index (Phi) is 3.87. The van der Waals surface area contributed by atoms with E-state index < -0.39 is 11.9 Å². The number of ether oxygens (including phenoxy) is 1. The van der Waals surface area contributed by atoms with Crippen LogP contribution >= 0.6 is 0 Å². The zero-order chi connectivity index (χ0) is 19.4. The molecule has 3 saturated heterocycles. The highest BCUT2D eigenvalue weighted by Gasteiger charge is 2.41. The molecule has 9 heteroatoms. The van der Waals surface area contributed by atoms with Gasteiger partial charge in [-0.05, 0) is 30.2 Å². The summed E-state index contributed by atoms with van der Waals surface area (Å²) in [5.74, 6) is -0.940. The Morgan fingerprint density at radius 3 is 2.57 bits per heavy atom. The van der Waals surface area contributed by atoms with Gasteiger partial charge in [-0.2, -0.15) is 0 Å². The standard InChI is InChI=1S/C19H20N4O5/c24-16-4-3-15(17(25)20-16)23-8-11-7-12(1-2-14(11)18(23)26)21-5-6-22(19(21)27)13-9-28-10-13/h1-2,7,13,15H,3-6,8-10H2,(H,20,24,25). The molecule has 1 atom stereocenters. The van der Waals surface area contributed by atoms with Crippen LogP contribution in [-0.2, 0) is 20.9 Å². The van der Waals surface area contributed by atoms with E-state index in [0.717, 1.165) is 11.3 Å². The third-order valence-electron chi connectivity index (χ3n) is 5.92. The SMILES string of the molecule is O=C1CCC(N2Cc3cc(N4CCN(C5COC5)C4=O)ccc3C2=O)C(=O)N1. The Morgan fingerprint density at radius 2 is 1.86 bits per heavy atom. The lowest BCUT2D eigenvalue weighted by molar-refractivity contribution is -0.136. The van der Waals surface area contributed by atoms with Crippen molar-refractivity contribution in [2.75, 3.05) is 31.2 Å². The van der Waals surface area contributed by atoms with Crippen LogP contribution in [0.2, 0.25) is 0 Å². The first-order valence-corrected chi connectivity index (χ1v) is 9.46. The molecule has 0 aromatic heterocycles. The van der Waals surface area contributed by atoms with Gasteiger partial charge in [0.2, 0.25) is 11.8 Å². The molecule has 1 N–H and O–H groups in total. The molecule has 1 unspecified atom stereocenters. The van der Waals surface area contributed by atoms with Crippen molar-refractivity contribution < 1.29 is 23.9 Å². The van der Waals surface area contributed by atoms with Gasteiger partial charge in [0, 0.05) is 37.3 Å². The highest BCUT2D eigenvalue weighted by Crippen LogP contribution is 2.32. The lowest BCUT2D eigenvalue weighted by atomic mass is 10.0. The predicted molar refractivity (Wildman–Crippen MR) is 96.5 cm³/mol. The molecular weight excluding hydrogens is 364 g/mol. The van der Waals surface area contributed by atoms with E-state index in [1.54, 1.807) is 17.0 Å². The van der Waals surface area contributed by atoms with E-state index in [4.69, 9.17) is 4.74 Å². The Bertz CT molecular complexity index is 896. The Balaban J connectivity index is 1.35. The van der Waals surface area contributed by atoms with Crippen LogP contribution in [0, 0.1) is 0 Å². The third-order valence-corrected chi connectivity index (χ3v) is 5.92. The molecule has 4 aliphatic rings. The minimum Gasteiger partial charge on any atom is -0.377 e. The maximum absolute atomic E-state index is 12.8. The second kappa shape index (κ2) is 6.30. The van der Waals surface area contributed by atoms with Crippen molar-refractivity contribution in [3.63, 3.8) is 0 Å². The lowest BCUT2D eigenvalue weighted by Gasteiger charge is -2.34. The van der Waals surface area contributed by atoms with Crippen LogP contribution in [0.1, 0.15) is 28.8 Å². The van der Waals surface area contributed by atoms with Gasteiger partial charge in [0.25, 0.3) is 5.91 Å². The molecule has 5 rings (SSSR count). The van der Waals surface area contributed by atoms with Gasteiger partial charge >= 0.3 is 6.03 Å². The molecule has 3 fully saturated rings. The van der Waals surface area contributed by atoms with Crippen molar-refractivity contribution in [3.8, 4) is 0 Å². The first kappa shape index (κ1) is 17.2. The van der Waals surface area contributed by atoms with Crippen LogP contribution < -0.4 is 10.2 Å². The maximum atomic E-state index is 12.8. The van der Waals surface area contributed by atoms with Crippen molar-refractivity contribution in [2.24, 2.45) is 0 Å². The van der Waals surface area contributed by atoms with E-state index in [9.17, 15) is 19.2 Å². The predicted octanol–water partition coefficient (Wildman–Crippen LogP) is 0.0884. The van der Waals surface area contributed by atoms with Gasteiger partial charge < -0.3 is 14.5 Å². The molecule has 9 nitrogen and oxygen atoms in total. The van der Waals surface area contributed by atoms with Crippen LogP contribution in [0.5, 0.6) is 0 Å². The van der Waals surface area contributed by atoms with Gasteiger partial charge in [0.1, 0.15) is 6.04 Å². The van der Waals surface area contributed by atoms with Gasteiger partial charge in [-0.1, -0.05) is 0 Å². The molecule has 4 aliphatic heterocycles. The number of rotatable bonds is 3. The summed E-state index contributed by atoms with van der Waals surface area (Å²) in [7, 11) is 0. The third kappa shape index (κ3) is 2.57. The topological polar surface area (TPSA) is 99.3 Å². The second-order valence-corrected chi connectivity index (χ2v) is 7.56. The fourth-order valence-corrected chi connectivity index (χ4v) is 4.26. The highest BCUT2D eigenvalue weighted by atomic mass is 16.5. The lowest BCUT2D eigenvalue weighted by Crippen LogP contribution is -2.52. The van der Waals surface area contributed by atoms with E-state index in [2.05, 4.69) is 5.32 Å². The molecule has 0 bridgehead atoms. The summed E-state index contributed by atoms with van der Waals surface area (Å²) in [6, 6.07) is 4.84. The number of hydrogen-bond acceptors (Lipinski definition) is 5. The van der Waals surface area contributed by atoms with E-state index in [-0.39, 0.29) is 30.3 Å². The summed E-state index contributed by atoms with van der Waals surface area (Å²) in [5.41, 5.74) is 2.10. The molecular formula is C19H20N4O5. The first-order chi connectivity index (χ1) is 13.5. The van der Waals surface area contributed by atoms with Crippen molar-refractivity contribution in [3.05, 3.63) is 29.3 Å². The summed E-state index contributed by atoms with van der Waals surface area (Å²) < 4.78 is 5.18. The van der Waals surface area contributed by atoms with Gasteiger partial charge in [-0.15, -0.1) is 0 Å². The Labute approximate surface area is 161 Å². The minimum absolute atomic E-state index is 0.0420. The number of fused-ring (bicyclic) bond motifs is 1. The summed E-state index contributed by atoms with van der Waals surface area (Å²) in [6.45, 7) is 2.72. The van der Waals surface area contributed by atoms with Crippen molar-refractivity contribution in [2.45, 2.75) is 31.5 Å². The van der Waals surface area contributed by atoms with Crippen LogP contribution in [0.25, 0.3) is 0 Å². The van der Waals surface area contributed by atoms with Crippen molar-refractivity contribution in [1.29, 1.82) is 0 Å². The molecule has 28 heavy (non-hydrogen) atoms.